The predicted octanol–water partition coefficient (Wildman–Crippen LogP) is 6.83. The van der Waals surface area contributed by atoms with Crippen LogP contribution in [0.1, 0.15) is 92.2 Å². The Morgan fingerprint density at radius 2 is 1.43 bits per heavy atom. The van der Waals surface area contributed by atoms with Crippen molar-refractivity contribution in [3.8, 4) is 0 Å². The number of aliphatic imine (C=N–C) groups is 1. The monoisotopic (exact) mass is 385 g/mol. The van der Waals surface area contributed by atoms with E-state index in [9.17, 15) is 0 Å². The minimum absolute atomic E-state index is 0.488. The van der Waals surface area contributed by atoms with Gasteiger partial charge in [0.2, 0.25) is 0 Å². The summed E-state index contributed by atoms with van der Waals surface area (Å²) in [6, 6.07) is 7.75. The van der Waals surface area contributed by atoms with Crippen LogP contribution in [0.3, 0.4) is 0 Å². The van der Waals surface area contributed by atoms with Gasteiger partial charge in [0.15, 0.2) is 0 Å². The van der Waals surface area contributed by atoms with Crippen molar-refractivity contribution in [2.45, 2.75) is 93.2 Å². The van der Waals surface area contributed by atoms with Gasteiger partial charge in [-0.25, -0.2) is 0 Å². The van der Waals surface area contributed by atoms with E-state index in [1.165, 1.54) is 16.8 Å². The molecule has 158 valence electrons. The van der Waals surface area contributed by atoms with E-state index < -0.39 is 0 Å². The first kappa shape index (κ1) is 24.4. The van der Waals surface area contributed by atoms with Crippen molar-refractivity contribution in [3.05, 3.63) is 41.1 Å². The second-order valence-electron chi connectivity index (χ2n) is 9.02. The smallest absolute Gasteiger partial charge is 0.0520 e. The van der Waals surface area contributed by atoms with Gasteiger partial charge in [0.05, 0.1) is 6.54 Å². The largest absolute Gasteiger partial charge is 0.359 e. The van der Waals surface area contributed by atoms with Crippen LogP contribution in [0.2, 0.25) is 0 Å². The third-order valence-corrected chi connectivity index (χ3v) is 5.17. The van der Waals surface area contributed by atoms with Crippen molar-refractivity contribution in [1.82, 2.24) is 4.90 Å². The Bertz CT molecular complexity index is 632. The summed E-state index contributed by atoms with van der Waals surface area (Å²) in [5.74, 6) is 0.976. The lowest BCUT2D eigenvalue weighted by atomic mass is 9.92. The van der Waals surface area contributed by atoms with Crippen molar-refractivity contribution >= 4 is 11.4 Å². The van der Waals surface area contributed by atoms with Crippen LogP contribution in [0, 0.1) is 0 Å². The van der Waals surface area contributed by atoms with Crippen LogP contribution in [0.4, 0.5) is 5.69 Å². The highest BCUT2D eigenvalue weighted by molar-refractivity contribution is 5.93. The van der Waals surface area contributed by atoms with E-state index in [1.807, 2.05) is 0 Å². The number of hydrogen-bond acceptors (Lipinski definition) is 3. The average molecular weight is 386 g/mol. The minimum Gasteiger partial charge on any atom is -0.359 e. The Balaban J connectivity index is 2.92. The first-order valence-corrected chi connectivity index (χ1v) is 10.9. The predicted molar refractivity (Wildman–Crippen MR) is 127 cm³/mol. The lowest BCUT2D eigenvalue weighted by molar-refractivity contribution is 0.181. The Labute approximate surface area is 174 Å². The quantitative estimate of drug-likeness (QED) is 0.447. The molecule has 0 spiro atoms. The summed E-state index contributed by atoms with van der Waals surface area (Å²) in [4.78, 5) is 7.27. The van der Waals surface area contributed by atoms with Gasteiger partial charge in [-0.05, 0) is 70.6 Å². The summed E-state index contributed by atoms with van der Waals surface area (Å²) in [6.07, 6.45) is 2.16. The molecule has 0 aliphatic carbocycles. The van der Waals surface area contributed by atoms with Gasteiger partial charge in [-0.2, -0.15) is 0 Å². The first-order chi connectivity index (χ1) is 13.0. The van der Waals surface area contributed by atoms with E-state index in [-0.39, 0.29) is 0 Å². The highest BCUT2D eigenvalue weighted by Gasteiger charge is 2.14. The molecule has 0 amide bonds. The molecular formula is C25H43N3. The summed E-state index contributed by atoms with van der Waals surface area (Å²) >= 11 is 0. The van der Waals surface area contributed by atoms with E-state index in [4.69, 9.17) is 4.99 Å². The van der Waals surface area contributed by atoms with Crippen molar-refractivity contribution < 1.29 is 0 Å². The van der Waals surface area contributed by atoms with Crippen LogP contribution in [0.5, 0.6) is 0 Å². The van der Waals surface area contributed by atoms with E-state index in [0.29, 0.717) is 23.9 Å². The Hall–Kier alpha value is -1.61. The maximum absolute atomic E-state index is 4.78. The number of anilines is 1. The second kappa shape index (κ2) is 11.4. The maximum Gasteiger partial charge on any atom is 0.0520 e. The zero-order valence-corrected chi connectivity index (χ0v) is 19.9. The van der Waals surface area contributed by atoms with Crippen molar-refractivity contribution in [2.24, 2.45) is 4.99 Å². The number of allylic oxidation sites excluding steroid dienone is 2. The van der Waals surface area contributed by atoms with Gasteiger partial charge in [-0.1, -0.05) is 45.9 Å². The molecule has 0 bridgehead atoms. The fourth-order valence-electron chi connectivity index (χ4n) is 3.74. The van der Waals surface area contributed by atoms with E-state index >= 15 is 0 Å². The molecule has 0 aromatic heterocycles. The van der Waals surface area contributed by atoms with Crippen LogP contribution in [-0.4, -0.2) is 35.8 Å². The number of para-hydroxylation sites is 1. The fraction of sp³-hybridized carbons (Fsp3) is 0.640. The zero-order valence-electron chi connectivity index (χ0n) is 19.9. The molecule has 0 atom stereocenters. The van der Waals surface area contributed by atoms with Crippen molar-refractivity contribution in [2.75, 3.05) is 18.4 Å². The molecular weight excluding hydrogens is 342 g/mol. The van der Waals surface area contributed by atoms with E-state index in [1.54, 1.807) is 0 Å². The number of nitrogens with one attached hydrogen (secondary N) is 1. The lowest BCUT2D eigenvalue weighted by Gasteiger charge is -2.29. The van der Waals surface area contributed by atoms with Gasteiger partial charge >= 0.3 is 0 Å². The van der Waals surface area contributed by atoms with Crippen molar-refractivity contribution in [1.29, 1.82) is 0 Å². The SMILES string of the molecule is CC(/C=C(/C)Nc1c(C(C)C)cccc1C(C)C)=NCCN(C(C)C)C(C)C. The molecule has 1 aromatic rings. The third kappa shape index (κ3) is 7.43. The van der Waals surface area contributed by atoms with Gasteiger partial charge in [-0.15, -0.1) is 0 Å². The average Bonchev–Trinajstić information content (AvgIpc) is 2.57. The molecule has 0 saturated heterocycles. The number of benzene rings is 1. The molecule has 1 aromatic carbocycles. The molecule has 0 fully saturated rings. The maximum atomic E-state index is 4.78. The van der Waals surface area contributed by atoms with E-state index in [0.717, 1.165) is 24.5 Å². The summed E-state index contributed by atoms with van der Waals surface area (Å²) in [6.45, 7) is 24.1. The Kier molecular flexibility index (Phi) is 9.95. The highest BCUT2D eigenvalue weighted by Crippen LogP contribution is 2.33. The van der Waals surface area contributed by atoms with Crippen LogP contribution < -0.4 is 5.32 Å². The summed E-state index contributed by atoms with van der Waals surface area (Å²) < 4.78 is 0. The van der Waals surface area contributed by atoms with Gasteiger partial charge < -0.3 is 5.32 Å². The fourth-order valence-corrected chi connectivity index (χ4v) is 3.74. The number of hydrogen-bond donors (Lipinski definition) is 1. The Morgan fingerprint density at radius 3 is 1.86 bits per heavy atom. The van der Waals surface area contributed by atoms with Crippen LogP contribution in [-0.2, 0) is 0 Å². The van der Waals surface area contributed by atoms with Gasteiger partial charge in [0.25, 0.3) is 0 Å². The van der Waals surface area contributed by atoms with Crippen molar-refractivity contribution in [3.63, 3.8) is 0 Å². The van der Waals surface area contributed by atoms with Gasteiger partial charge in [0, 0.05) is 35.7 Å². The summed E-state index contributed by atoms with van der Waals surface area (Å²) in [7, 11) is 0. The molecule has 0 unspecified atom stereocenters. The minimum atomic E-state index is 0.488. The summed E-state index contributed by atoms with van der Waals surface area (Å²) in [5, 5.41) is 3.68. The molecule has 0 aliphatic heterocycles. The topological polar surface area (TPSA) is 27.6 Å². The molecule has 3 heteroatoms. The molecule has 0 radical (unpaired) electrons. The van der Waals surface area contributed by atoms with Gasteiger partial charge in [0.1, 0.15) is 0 Å². The first-order valence-electron chi connectivity index (χ1n) is 10.9. The standard InChI is InChI=1S/C25H43N3/c1-17(2)23-12-11-13-24(18(3)4)25(23)27-22(10)16-21(9)26-14-15-28(19(5)6)20(7)8/h11-13,16-20,27H,14-15H2,1-10H3/b22-16-,26-21?. The second-order valence-corrected chi connectivity index (χ2v) is 9.02. The zero-order chi connectivity index (χ0) is 21.4. The molecule has 1 rings (SSSR count). The number of rotatable bonds is 10. The molecule has 0 aliphatic rings. The van der Waals surface area contributed by atoms with Crippen LogP contribution in [0.25, 0.3) is 0 Å². The number of nitrogens with zero attached hydrogens (tertiary/aromatic N) is 2. The highest BCUT2D eigenvalue weighted by atomic mass is 15.2. The third-order valence-electron chi connectivity index (χ3n) is 5.17. The molecule has 28 heavy (non-hydrogen) atoms. The van der Waals surface area contributed by atoms with Gasteiger partial charge in [-0.3, -0.25) is 9.89 Å². The van der Waals surface area contributed by atoms with Crippen LogP contribution >= 0.6 is 0 Å². The summed E-state index contributed by atoms with van der Waals surface area (Å²) in [5.41, 5.74) is 6.22. The molecule has 0 saturated carbocycles. The molecule has 1 N–H and O–H groups in total. The molecule has 3 nitrogen and oxygen atoms in total. The normalized spacial score (nSPS) is 13.5. The Morgan fingerprint density at radius 1 is 0.929 bits per heavy atom. The lowest BCUT2D eigenvalue weighted by Crippen LogP contribution is -2.38. The molecule has 0 heterocycles. The van der Waals surface area contributed by atoms with Crippen LogP contribution in [0.15, 0.2) is 35.0 Å². The van der Waals surface area contributed by atoms with E-state index in [2.05, 4.69) is 104 Å².